The smallest absolute Gasteiger partial charge is 0.230 e. The van der Waals surface area contributed by atoms with Crippen LogP contribution in [0, 0.1) is 13.8 Å². The molecular weight excluding hydrogens is 384 g/mol. The number of nitrogens with one attached hydrogen (secondary N) is 1. The Balaban J connectivity index is 1.57. The molecule has 0 spiro atoms. The summed E-state index contributed by atoms with van der Waals surface area (Å²) < 4.78 is 7.86. The van der Waals surface area contributed by atoms with Gasteiger partial charge in [-0.05, 0) is 49.9 Å². The van der Waals surface area contributed by atoms with E-state index in [2.05, 4.69) is 35.9 Å². The van der Waals surface area contributed by atoms with Crippen LogP contribution < -0.4 is 10.1 Å². The highest BCUT2D eigenvalue weighted by Crippen LogP contribution is 2.21. The Morgan fingerprint density at radius 3 is 2.79 bits per heavy atom. The average molecular weight is 415 g/mol. The summed E-state index contributed by atoms with van der Waals surface area (Å²) in [6.45, 7) is 8.86. The van der Waals surface area contributed by atoms with E-state index in [1.54, 1.807) is 6.08 Å². The normalized spacial score (nSPS) is 14.6. The van der Waals surface area contributed by atoms with E-state index in [0.29, 0.717) is 30.1 Å². The van der Waals surface area contributed by atoms with Crippen LogP contribution in [0.3, 0.4) is 0 Å². The summed E-state index contributed by atoms with van der Waals surface area (Å²) in [5, 5.41) is 12.4. The number of allylic oxidation sites excluding steroid dienone is 1. The van der Waals surface area contributed by atoms with Crippen molar-refractivity contribution in [3.05, 3.63) is 47.8 Å². The van der Waals surface area contributed by atoms with E-state index in [0.717, 1.165) is 24.4 Å². The lowest BCUT2D eigenvalue weighted by Crippen LogP contribution is -2.37. The van der Waals surface area contributed by atoms with Gasteiger partial charge in [0.25, 0.3) is 0 Å². The molecule has 1 saturated carbocycles. The fourth-order valence-electron chi connectivity index (χ4n) is 3.44. The molecule has 1 aliphatic carbocycles. The third kappa shape index (κ3) is 6.10. The molecule has 3 rings (SSSR count). The quantitative estimate of drug-likeness (QED) is 0.492. The largest absolute Gasteiger partial charge is 0.486 e. The Labute approximate surface area is 177 Å². The molecule has 0 aliphatic heterocycles. The van der Waals surface area contributed by atoms with E-state index in [-0.39, 0.29) is 5.91 Å². The van der Waals surface area contributed by atoms with Crippen molar-refractivity contribution in [3.63, 3.8) is 0 Å². The molecule has 1 aromatic carbocycles. The zero-order chi connectivity index (χ0) is 20.6. The summed E-state index contributed by atoms with van der Waals surface area (Å²) in [7, 11) is 0. The molecular formula is C22H30N4O2S. The maximum Gasteiger partial charge on any atom is 0.230 e. The number of carbonyl (C=O) groups excluding carboxylic acids is 1. The Morgan fingerprint density at radius 1 is 1.28 bits per heavy atom. The summed E-state index contributed by atoms with van der Waals surface area (Å²) in [6, 6.07) is 6.35. The maximum atomic E-state index is 12.3. The third-order valence-corrected chi connectivity index (χ3v) is 6.22. The molecule has 1 heterocycles. The van der Waals surface area contributed by atoms with Crippen LogP contribution in [0.4, 0.5) is 0 Å². The van der Waals surface area contributed by atoms with Gasteiger partial charge in [0, 0.05) is 12.6 Å². The molecule has 1 fully saturated rings. The predicted molar refractivity (Wildman–Crippen MR) is 116 cm³/mol. The lowest BCUT2D eigenvalue weighted by atomic mass is 9.95. The van der Waals surface area contributed by atoms with E-state index in [1.807, 2.05) is 22.8 Å². The topological polar surface area (TPSA) is 69.0 Å². The zero-order valence-corrected chi connectivity index (χ0v) is 18.1. The number of hydrogen-bond acceptors (Lipinski definition) is 5. The van der Waals surface area contributed by atoms with Crippen LogP contribution in [-0.4, -0.2) is 32.5 Å². The maximum absolute atomic E-state index is 12.3. The molecule has 0 bridgehead atoms. The van der Waals surface area contributed by atoms with Crippen molar-refractivity contribution in [2.75, 3.05) is 5.75 Å². The van der Waals surface area contributed by atoms with E-state index in [1.165, 1.54) is 42.2 Å². The number of hydrogen-bond donors (Lipinski definition) is 1. The van der Waals surface area contributed by atoms with E-state index >= 15 is 0 Å². The van der Waals surface area contributed by atoms with Crippen LogP contribution in [0.15, 0.2) is 36.0 Å². The summed E-state index contributed by atoms with van der Waals surface area (Å²) in [4.78, 5) is 12.3. The first-order chi connectivity index (χ1) is 14.1. The van der Waals surface area contributed by atoms with Crippen molar-refractivity contribution in [2.24, 2.45) is 0 Å². The van der Waals surface area contributed by atoms with Gasteiger partial charge in [-0.15, -0.1) is 16.8 Å². The number of carbonyl (C=O) groups is 1. The van der Waals surface area contributed by atoms with Crippen LogP contribution in [0.1, 0.15) is 49.1 Å². The number of benzene rings is 1. The minimum Gasteiger partial charge on any atom is -0.486 e. The SMILES string of the molecule is C=CCn1c(COc2ccc(C)c(C)c2)nnc1SCC(=O)NC1CCCCC1. The van der Waals surface area contributed by atoms with Crippen LogP contribution >= 0.6 is 11.8 Å². The van der Waals surface area contributed by atoms with Gasteiger partial charge < -0.3 is 10.1 Å². The monoisotopic (exact) mass is 414 g/mol. The van der Waals surface area contributed by atoms with Crippen molar-refractivity contribution < 1.29 is 9.53 Å². The van der Waals surface area contributed by atoms with Gasteiger partial charge in [0.15, 0.2) is 11.0 Å². The average Bonchev–Trinajstić information content (AvgIpc) is 3.10. The molecule has 0 saturated heterocycles. The highest BCUT2D eigenvalue weighted by Gasteiger charge is 2.18. The number of rotatable bonds is 9. The Bertz CT molecular complexity index is 843. The Hall–Kier alpha value is -2.28. The molecule has 6 nitrogen and oxygen atoms in total. The minimum atomic E-state index is 0.0583. The molecule has 1 amide bonds. The molecule has 1 aromatic heterocycles. The standard InChI is InChI=1S/C22H30N4O2S/c1-4-12-26-20(14-28-19-11-10-16(2)17(3)13-19)24-25-22(26)29-15-21(27)23-18-8-6-5-7-9-18/h4,10-11,13,18H,1,5-9,12,14-15H2,2-3H3,(H,23,27). The van der Waals surface area contributed by atoms with Gasteiger partial charge in [-0.3, -0.25) is 9.36 Å². The predicted octanol–water partition coefficient (Wildman–Crippen LogP) is 4.20. The highest BCUT2D eigenvalue weighted by atomic mass is 32.2. The minimum absolute atomic E-state index is 0.0583. The van der Waals surface area contributed by atoms with E-state index < -0.39 is 0 Å². The second kappa shape index (κ2) is 10.5. The fraction of sp³-hybridized carbons (Fsp3) is 0.500. The summed E-state index contributed by atoms with van der Waals surface area (Å²) in [5.74, 6) is 1.92. The molecule has 0 atom stereocenters. The number of aromatic nitrogens is 3. The first-order valence-corrected chi connectivity index (χ1v) is 11.2. The van der Waals surface area contributed by atoms with Crippen molar-refractivity contribution in [1.29, 1.82) is 0 Å². The fourth-order valence-corrected chi connectivity index (χ4v) is 4.22. The van der Waals surface area contributed by atoms with Gasteiger partial charge >= 0.3 is 0 Å². The number of aryl methyl sites for hydroxylation is 2. The molecule has 156 valence electrons. The van der Waals surface area contributed by atoms with Crippen molar-refractivity contribution in [2.45, 2.75) is 70.3 Å². The number of amides is 1. The van der Waals surface area contributed by atoms with Crippen molar-refractivity contribution in [3.8, 4) is 5.75 Å². The molecule has 0 radical (unpaired) electrons. The van der Waals surface area contributed by atoms with Crippen molar-refractivity contribution in [1.82, 2.24) is 20.1 Å². The molecule has 0 unspecified atom stereocenters. The first kappa shape index (κ1) is 21.4. The highest BCUT2D eigenvalue weighted by molar-refractivity contribution is 7.99. The third-order valence-electron chi connectivity index (χ3n) is 5.25. The molecule has 1 aliphatic rings. The molecule has 7 heteroatoms. The van der Waals surface area contributed by atoms with Gasteiger partial charge in [0.05, 0.1) is 5.75 Å². The second-order valence-electron chi connectivity index (χ2n) is 7.52. The van der Waals surface area contributed by atoms with Gasteiger partial charge in [-0.25, -0.2) is 0 Å². The molecule has 1 N–H and O–H groups in total. The second-order valence-corrected chi connectivity index (χ2v) is 8.47. The number of nitrogens with zero attached hydrogens (tertiary/aromatic N) is 3. The van der Waals surface area contributed by atoms with Gasteiger partial charge in [0.2, 0.25) is 5.91 Å². The summed E-state index contributed by atoms with van der Waals surface area (Å²) >= 11 is 1.40. The van der Waals surface area contributed by atoms with Gasteiger partial charge in [-0.1, -0.05) is 43.2 Å². The Kier molecular flexibility index (Phi) is 7.75. The zero-order valence-electron chi connectivity index (χ0n) is 17.3. The van der Waals surface area contributed by atoms with E-state index in [4.69, 9.17) is 4.74 Å². The summed E-state index contributed by atoms with van der Waals surface area (Å²) in [5.41, 5.74) is 2.42. The van der Waals surface area contributed by atoms with Crippen LogP contribution in [0.2, 0.25) is 0 Å². The first-order valence-electron chi connectivity index (χ1n) is 10.2. The number of ether oxygens (including phenoxy) is 1. The van der Waals surface area contributed by atoms with Crippen LogP contribution in [-0.2, 0) is 17.9 Å². The van der Waals surface area contributed by atoms with E-state index in [9.17, 15) is 4.79 Å². The van der Waals surface area contributed by atoms with Gasteiger partial charge in [-0.2, -0.15) is 0 Å². The lowest BCUT2D eigenvalue weighted by molar-refractivity contribution is -0.119. The van der Waals surface area contributed by atoms with Crippen LogP contribution in [0.5, 0.6) is 5.75 Å². The lowest BCUT2D eigenvalue weighted by Gasteiger charge is -2.22. The molecule has 2 aromatic rings. The van der Waals surface area contributed by atoms with Crippen LogP contribution in [0.25, 0.3) is 0 Å². The Morgan fingerprint density at radius 2 is 2.07 bits per heavy atom. The van der Waals surface area contributed by atoms with Gasteiger partial charge in [0.1, 0.15) is 12.4 Å². The summed E-state index contributed by atoms with van der Waals surface area (Å²) in [6.07, 6.45) is 7.66. The number of thioether (sulfide) groups is 1. The van der Waals surface area contributed by atoms with Crippen molar-refractivity contribution >= 4 is 17.7 Å². The molecule has 29 heavy (non-hydrogen) atoms.